The van der Waals surface area contributed by atoms with E-state index in [2.05, 4.69) is 105 Å². The molecule has 77 heavy (non-hydrogen) atoms. The number of likely N-dealkylation sites (N-methyl/N-ethyl adjacent to an activating group) is 1. The second-order valence-electron chi connectivity index (χ2n) is 22.2. The summed E-state index contributed by atoms with van der Waals surface area (Å²) in [5.41, 5.74) is 0. The molecule has 0 radical (unpaired) electrons. The summed E-state index contributed by atoms with van der Waals surface area (Å²) in [7, 11) is 1.14. The van der Waals surface area contributed by atoms with Crippen molar-refractivity contribution in [3.8, 4) is 0 Å². The summed E-state index contributed by atoms with van der Waals surface area (Å²) in [5.74, 6) is -0.625. The van der Waals surface area contributed by atoms with Crippen LogP contribution in [0.4, 0.5) is 0 Å². The Morgan fingerprint density at radius 1 is 0.468 bits per heavy atom. The highest BCUT2D eigenvalue weighted by molar-refractivity contribution is 7.45. The van der Waals surface area contributed by atoms with Crippen LogP contribution >= 0.6 is 7.82 Å². The second-order valence-corrected chi connectivity index (χ2v) is 23.6. The van der Waals surface area contributed by atoms with Crippen molar-refractivity contribution in [3.05, 3.63) is 97.2 Å². The Bertz CT molecular complexity index is 1640. The number of phosphoric ester groups is 1. The van der Waals surface area contributed by atoms with Gasteiger partial charge in [0.1, 0.15) is 19.3 Å². The van der Waals surface area contributed by atoms with Gasteiger partial charge >= 0.3 is 5.97 Å². The lowest BCUT2D eigenvalue weighted by Crippen LogP contribution is -2.47. The first kappa shape index (κ1) is 73.9. The van der Waals surface area contributed by atoms with Gasteiger partial charge < -0.3 is 28.5 Å². The lowest BCUT2D eigenvalue weighted by atomic mass is 10.0. The molecule has 0 bridgehead atoms. The smallest absolute Gasteiger partial charge is 0.306 e. The maximum atomic E-state index is 13.5. The molecule has 0 aliphatic heterocycles. The lowest BCUT2D eigenvalue weighted by molar-refractivity contribution is -0.870. The number of phosphoric acid groups is 1. The zero-order valence-corrected chi connectivity index (χ0v) is 51.5. The number of amides is 1. The molecule has 0 fully saturated rings. The first-order valence-electron chi connectivity index (χ1n) is 31.5. The van der Waals surface area contributed by atoms with Gasteiger partial charge in [-0.3, -0.25) is 14.2 Å². The highest BCUT2D eigenvalue weighted by Gasteiger charge is 2.27. The number of nitrogens with zero attached hydrogens (tertiary/aromatic N) is 1. The first-order chi connectivity index (χ1) is 37.4. The van der Waals surface area contributed by atoms with Gasteiger partial charge in [0.2, 0.25) is 5.91 Å². The molecule has 0 aromatic heterocycles. The Hall–Kier alpha value is -3.07. The number of allylic oxidation sites excluding steroid dienone is 15. The number of ether oxygens (including phenoxy) is 1. The van der Waals surface area contributed by atoms with Crippen molar-refractivity contribution < 1.29 is 37.3 Å². The molecule has 1 amide bonds. The van der Waals surface area contributed by atoms with Crippen LogP contribution in [0.3, 0.4) is 0 Å². The zero-order chi connectivity index (χ0) is 56.4. The average Bonchev–Trinajstić information content (AvgIpc) is 3.39. The van der Waals surface area contributed by atoms with E-state index in [1.165, 1.54) is 128 Å². The maximum Gasteiger partial charge on any atom is 0.306 e. The van der Waals surface area contributed by atoms with Gasteiger partial charge in [-0.2, -0.15) is 0 Å². The van der Waals surface area contributed by atoms with E-state index in [0.29, 0.717) is 17.4 Å². The molecule has 1 N–H and O–H groups in total. The highest BCUT2D eigenvalue weighted by Crippen LogP contribution is 2.38. The fourth-order valence-corrected chi connectivity index (χ4v) is 9.38. The van der Waals surface area contributed by atoms with E-state index in [9.17, 15) is 19.0 Å². The number of carbonyl (C=O) groups is 2. The number of esters is 1. The molecule has 0 rings (SSSR count). The summed E-state index contributed by atoms with van der Waals surface area (Å²) >= 11 is 0. The molecular formula is C67H119N2O7P. The van der Waals surface area contributed by atoms with Crippen molar-refractivity contribution in [1.29, 1.82) is 0 Å². The van der Waals surface area contributed by atoms with E-state index >= 15 is 0 Å². The van der Waals surface area contributed by atoms with Crippen LogP contribution in [-0.2, 0) is 27.9 Å². The molecule has 0 saturated carbocycles. The lowest BCUT2D eigenvalue weighted by Gasteiger charge is -2.30. The first-order valence-corrected chi connectivity index (χ1v) is 33.0. The molecule has 10 heteroatoms. The minimum Gasteiger partial charge on any atom is -0.756 e. The third-order valence-corrected chi connectivity index (χ3v) is 14.5. The van der Waals surface area contributed by atoms with Crippen LogP contribution in [-0.4, -0.2) is 69.4 Å². The van der Waals surface area contributed by atoms with Crippen LogP contribution < -0.4 is 10.2 Å². The van der Waals surface area contributed by atoms with Crippen LogP contribution in [0.15, 0.2) is 97.2 Å². The van der Waals surface area contributed by atoms with Crippen LogP contribution in [0.1, 0.15) is 265 Å². The van der Waals surface area contributed by atoms with Crippen LogP contribution in [0.5, 0.6) is 0 Å². The van der Waals surface area contributed by atoms with Crippen LogP contribution in [0, 0.1) is 0 Å². The number of nitrogens with one attached hydrogen (secondary N) is 1. The number of hydrogen-bond donors (Lipinski definition) is 1. The number of carbonyl (C=O) groups excluding carboxylic acids is 2. The maximum absolute atomic E-state index is 13.5. The second kappa shape index (κ2) is 56.2. The number of hydrogen-bond acceptors (Lipinski definition) is 7. The SMILES string of the molecule is CC/C=C\C/C=C\C/C=C\C/C=C\C/C=C\CCCCCCCCCCCCCC(=O)OC(/C=C\CCCCCCCCCCC)C(COP(=O)([O-])OCC[N+](C)(C)C)NC(=O)CC/C=C/C/C=C\CCCCCCCC. The normalized spacial score (nSPS) is 14.3. The number of rotatable bonds is 56. The molecule has 0 heterocycles. The molecule has 0 aromatic carbocycles. The van der Waals surface area contributed by atoms with Gasteiger partial charge in [-0.1, -0.05) is 253 Å². The highest BCUT2D eigenvalue weighted by atomic mass is 31.2. The minimum atomic E-state index is -4.71. The van der Waals surface area contributed by atoms with E-state index in [1.807, 2.05) is 39.4 Å². The Kier molecular flexibility index (Phi) is 54.0. The molecule has 0 aromatic rings. The molecule has 0 saturated heterocycles. The van der Waals surface area contributed by atoms with Crippen molar-refractivity contribution in [2.75, 3.05) is 40.9 Å². The molecule has 3 atom stereocenters. The molecule has 0 aliphatic rings. The average molecular weight is 1100 g/mol. The van der Waals surface area contributed by atoms with Crippen molar-refractivity contribution in [2.24, 2.45) is 0 Å². The Labute approximate surface area is 475 Å². The predicted octanol–water partition coefficient (Wildman–Crippen LogP) is 18.9. The molecular weight excluding hydrogens is 976 g/mol. The summed E-state index contributed by atoms with van der Waals surface area (Å²) in [6.07, 6.45) is 75.5. The van der Waals surface area contributed by atoms with Gasteiger partial charge in [0.05, 0.1) is 33.8 Å². The van der Waals surface area contributed by atoms with Gasteiger partial charge in [0, 0.05) is 12.8 Å². The summed E-state index contributed by atoms with van der Waals surface area (Å²) in [5, 5.41) is 2.98. The molecule has 0 spiro atoms. The van der Waals surface area contributed by atoms with Gasteiger partial charge in [0.15, 0.2) is 0 Å². The minimum absolute atomic E-state index is 0.0353. The summed E-state index contributed by atoms with van der Waals surface area (Å²) in [6, 6.07) is -0.923. The Balaban J connectivity index is 5.10. The van der Waals surface area contributed by atoms with Crippen LogP contribution in [0.2, 0.25) is 0 Å². The van der Waals surface area contributed by atoms with Gasteiger partial charge in [-0.25, -0.2) is 0 Å². The third-order valence-electron chi connectivity index (χ3n) is 13.5. The molecule has 9 nitrogen and oxygen atoms in total. The fourth-order valence-electron chi connectivity index (χ4n) is 8.66. The molecule has 444 valence electrons. The van der Waals surface area contributed by atoms with E-state index in [-0.39, 0.29) is 31.3 Å². The van der Waals surface area contributed by atoms with Crippen molar-refractivity contribution in [2.45, 2.75) is 277 Å². The van der Waals surface area contributed by atoms with Crippen LogP contribution in [0.25, 0.3) is 0 Å². The number of unbranched alkanes of at least 4 members (excludes halogenated alkanes) is 26. The quantitative estimate of drug-likeness (QED) is 0.0212. The Morgan fingerprint density at radius 2 is 0.844 bits per heavy atom. The summed E-state index contributed by atoms with van der Waals surface area (Å²) in [4.78, 5) is 39.9. The van der Waals surface area contributed by atoms with Gasteiger partial charge in [-0.15, -0.1) is 0 Å². The monoisotopic (exact) mass is 1090 g/mol. The van der Waals surface area contributed by atoms with E-state index < -0.39 is 26.6 Å². The largest absolute Gasteiger partial charge is 0.756 e. The van der Waals surface area contributed by atoms with Gasteiger partial charge in [-0.05, 0) is 96.0 Å². The standard InChI is InChI=1S/C67H119N2O7P/c1-7-10-13-16-19-22-25-27-28-29-30-31-32-33-34-35-36-37-38-39-40-42-45-48-51-54-57-60-67(71)76-65(58-55-52-49-46-43-24-21-18-15-12-9-3)64(63-75-77(72,73)74-62-61-69(4,5)6)68-66(70)59-56-53-50-47-44-41-26-23-20-17-14-11-8-2/h10,13,19,22,27-28,30-31,33-34,41,44,50,53,55,58,64-65H,7-9,11-12,14-18,20-21,23-26,29,32,35-40,42-43,45-49,51-52,54,56-57,59-63H2,1-6H3,(H-,68,70,72,73)/b13-10-,22-19-,28-27-,31-30-,34-33-,44-41-,53-50+,58-55-. The predicted molar refractivity (Wildman–Crippen MR) is 330 cm³/mol. The van der Waals surface area contributed by atoms with Crippen molar-refractivity contribution in [3.63, 3.8) is 0 Å². The number of quaternary nitrogens is 1. The zero-order valence-electron chi connectivity index (χ0n) is 50.6. The fraction of sp³-hybridized carbons (Fsp3) is 0.731. The Morgan fingerprint density at radius 3 is 1.27 bits per heavy atom. The molecule has 3 unspecified atom stereocenters. The van der Waals surface area contributed by atoms with E-state index in [0.717, 1.165) is 96.3 Å². The summed E-state index contributed by atoms with van der Waals surface area (Å²) < 4.78 is 30.2. The summed E-state index contributed by atoms with van der Waals surface area (Å²) in [6.45, 7) is 6.66. The van der Waals surface area contributed by atoms with Crippen molar-refractivity contribution >= 4 is 19.7 Å². The van der Waals surface area contributed by atoms with E-state index in [1.54, 1.807) is 0 Å². The topological polar surface area (TPSA) is 114 Å². The third kappa shape index (κ3) is 57.4. The van der Waals surface area contributed by atoms with Crippen molar-refractivity contribution in [1.82, 2.24) is 5.32 Å². The van der Waals surface area contributed by atoms with E-state index in [4.69, 9.17) is 13.8 Å². The molecule has 0 aliphatic carbocycles. The van der Waals surface area contributed by atoms with Gasteiger partial charge in [0.25, 0.3) is 7.82 Å².